The van der Waals surface area contributed by atoms with E-state index < -0.39 is 0 Å². The summed E-state index contributed by atoms with van der Waals surface area (Å²) in [6.07, 6.45) is 0. The highest BCUT2D eigenvalue weighted by Crippen LogP contribution is 2.38. The minimum atomic E-state index is -0.285. The molecule has 0 fully saturated rings. The Labute approximate surface area is 139 Å². The molecule has 0 bridgehead atoms. The molecule has 2 aromatic carbocycles. The van der Waals surface area contributed by atoms with Gasteiger partial charge >= 0.3 is 0 Å². The molecule has 0 unspecified atom stereocenters. The molecule has 0 radical (unpaired) electrons. The van der Waals surface area contributed by atoms with E-state index >= 15 is 0 Å². The molecule has 0 aromatic heterocycles. The van der Waals surface area contributed by atoms with E-state index in [1.54, 1.807) is 14.2 Å². The van der Waals surface area contributed by atoms with Crippen LogP contribution < -0.4 is 15.2 Å². The summed E-state index contributed by atoms with van der Waals surface area (Å²) in [6, 6.07) is 16.4. The van der Waals surface area contributed by atoms with Crippen molar-refractivity contribution < 1.29 is 9.47 Å². The largest absolute Gasteiger partial charge is 0.497 e. The minimum Gasteiger partial charge on any atom is -0.497 e. The van der Waals surface area contributed by atoms with Crippen molar-refractivity contribution in [2.75, 3.05) is 14.2 Å². The van der Waals surface area contributed by atoms with Crippen LogP contribution in [0, 0.1) is 5.92 Å². The van der Waals surface area contributed by atoms with E-state index in [-0.39, 0.29) is 11.5 Å². The first-order valence-corrected chi connectivity index (χ1v) is 7.98. The molecular formula is C20H27NO2. The van der Waals surface area contributed by atoms with Crippen molar-refractivity contribution in [3.8, 4) is 11.5 Å². The van der Waals surface area contributed by atoms with Gasteiger partial charge in [-0.3, -0.25) is 0 Å². The molecule has 3 heteroatoms. The Morgan fingerprint density at radius 2 is 1.13 bits per heavy atom. The average molecular weight is 313 g/mol. The first kappa shape index (κ1) is 17.4. The van der Waals surface area contributed by atoms with Crippen LogP contribution in [0.15, 0.2) is 48.5 Å². The van der Waals surface area contributed by atoms with Crippen molar-refractivity contribution in [3.05, 3.63) is 59.7 Å². The Kier molecular flexibility index (Phi) is 5.32. The summed E-state index contributed by atoms with van der Waals surface area (Å²) in [7, 11) is 3.36. The number of benzene rings is 2. The highest BCUT2D eigenvalue weighted by Gasteiger charge is 2.37. The van der Waals surface area contributed by atoms with E-state index in [1.165, 1.54) is 11.1 Å². The van der Waals surface area contributed by atoms with Crippen LogP contribution in [0.3, 0.4) is 0 Å². The summed E-state index contributed by atoms with van der Waals surface area (Å²) >= 11 is 0. The number of ether oxygens (including phenoxy) is 2. The summed E-state index contributed by atoms with van der Waals surface area (Å²) in [5.41, 5.74) is 8.72. The lowest BCUT2D eigenvalue weighted by Crippen LogP contribution is -2.47. The number of rotatable bonds is 6. The molecule has 0 aliphatic carbocycles. The molecule has 0 aliphatic rings. The molecule has 0 spiro atoms. The Morgan fingerprint density at radius 3 is 1.39 bits per heavy atom. The van der Waals surface area contributed by atoms with Gasteiger partial charge in [-0.25, -0.2) is 0 Å². The fourth-order valence-corrected chi connectivity index (χ4v) is 3.09. The van der Waals surface area contributed by atoms with Crippen molar-refractivity contribution >= 4 is 0 Å². The van der Waals surface area contributed by atoms with Gasteiger partial charge in [-0.2, -0.15) is 0 Å². The second-order valence-corrected chi connectivity index (χ2v) is 6.43. The summed E-state index contributed by atoms with van der Waals surface area (Å²) in [5, 5.41) is 0. The van der Waals surface area contributed by atoms with Gasteiger partial charge in [0.15, 0.2) is 0 Å². The second kappa shape index (κ2) is 7.05. The second-order valence-electron chi connectivity index (χ2n) is 6.43. The fourth-order valence-electron chi connectivity index (χ4n) is 3.09. The Morgan fingerprint density at radius 1 is 0.783 bits per heavy atom. The zero-order valence-electron chi connectivity index (χ0n) is 14.7. The maximum atomic E-state index is 6.64. The molecule has 2 N–H and O–H groups in total. The van der Waals surface area contributed by atoms with Gasteiger partial charge in [0.05, 0.1) is 14.2 Å². The van der Waals surface area contributed by atoms with Crippen molar-refractivity contribution in [2.45, 2.75) is 32.2 Å². The summed E-state index contributed by atoms with van der Waals surface area (Å²) in [6.45, 7) is 6.53. The molecule has 0 aliphatic heterocycles. The van der Waals surface area contributed by atoms with Crippen molar-refractivity contribution in [1.82, 2.24) is 0 Å². The lowest BCUT2D eigenvalue weighted by Gasteiger charge is -2.39. The normalized spacial score (nSPS) is 13.0. The summed E-state index contributed by atoms with van der Waals surface area (Å²) in [5.74, 6) is 2.05. The van der Waals surface area contributed by atoms with Crippen LogP contribution in [0.1, 0.15) is 31.9 Å². The maximum Gasteiger partial charge on any atom is 0.118 e. The van der Waals surface area contributed by atoms with Crippen LogP contribution in [0.5, 0.6) is 11.5 Å². The predicted molar refractivity (Wildman–Crippen MR) is 95.3 cm³/mol. The van der Waals surface area contributed by atoms with Crippen LogP contribution in [-0.4, -0.2) is 20.3 Å². The van der Waals surface area contributed by atoms with E-state index in [0.29, 0.717) is 5.92 Å². The molecule has 2 aromatic rings. The quantitative estimate of drug-likeness (QED) is 0.877. The molecule has 1 atom stereocenters. The first-order chi connectivity index (χ1) is 10.9. The molecule has 23 heavy (non-hydrogen) atoms. The minimum absolute atomic E-state index is 0.00992. The third kappa shape index (κ3) is 3.35. The average Bonchev–Trinajstić information content (AvgIpc) is 2.60. The summed E-state index contributed by atoms with van der Waals surface area (Å²) < 4.78 is 10.6. The van der Waals surface area contributed by atoms with Gasteiger partial charge in [0, 0.05) is 11.5 Å². The van der Waals surface area contributed by atoms with E-state index in [2.05, 4.69) is 45.0 Å². The molecule has 0 saturated heterocycles. The van der Waals surface area contributed by atoms with Gasteiger partial charge < -0.3 is 15.2 Å². The SMILES string of the molecule is COc1ccc(C(C)(c2ccc(OC)cc2)[C@@H](N)C(C)C)cc1. The lowest BCUT2D eigenvalue weighted by molar-refractivity contribution is 0.351. The van der Waals surface area contributed by atoms with E-state index in [4.69, 9.17) is 15.2 Å². The zero-order valence-corrected chi connectivity index (χ0v) is 14.7. The zero-order chi connectivity index (χ0) is 17.0. The van der Waals surface area contributed by atoms with E-state index in [1.807, 2.05) is 24.3 Å². The van der Waals surface area contributed by atoms with Gasteiger partial charge in [0.2, 0.25) is 0 Å². The molecular weight excluding hydrogens is 286 g/mol. The van der Waals surface area contributed by atoms with Crippen molar-refractivity contribution in [1.29, 1.82) is 0 Å². The number of nitrogens with two attached hydrogens (primary N) is 1. The van der Waals surface area contributed by atoms with Crippen molar-refractivity contribution in [3.63, 3.8) is 0 Å². The van der Waals surface area contributed by atoms with Crippen LogP contribution in [0.25, 0.3) is 0 Å². The van der Waals surface area contributed by atoms with Gasteiger partial charge in [0.25, 0.3) is 0 Å². The van der Waals surface area contributed by atoms with Crippen LogP contribution in [0.2, 0.25) is 0 Å². The molecule has 0 amide bonds. The Hall–Kier alpha value is -2.00. The highest BCUT2D eigenvalue weighted by molar-refractivity contribution is 5.44. The van der Waals surface area contributed by atoms with Gasteiger partial charge in [-0.15, -0.1) is 0 Å². The Bertz CT molecular complexity index is 570. The lowest BCUT2D eigenvalue weighted by atomic mass is 9.68. The third-order valence-electron chi connectivity index (χ3n) is 4.76. The van der Waals surface area contributed by atoms with E-state index in [0.717, 1.165) is 11.5 Å². The summed E-state index contributed by atoms with van der Waals surface area (Å²) in [4.78, 5) is 0. The third-order valence-corrected chi connectivity index (χ3v) is 4.76. The van der Waals surface area contributed by atoms with E-state index in [9.17, 15) is 0 Å². The van der Waals surface area contributed by atoms with Crippen LogP contribution in [0.4, 0.5) is 0 Å². The first-order valence-electron chi connectivity index (χ1n) is 7.98. The van der Waals surface area contributed by atoms with Crippen LogP contribution in [-0.2, 0) is 5.41 Å². The molecule has 0 saturated carbocycles. The maximum absolute atomic E-state index is 6.64. The predicted octanol–water partition coefficient (Wildman–Crippen LogP) is 3.99. The van der Waals surface area contributed by atoms with Gasteiger partial charge in [-0.1, -0.05) is 38.1 Å². The topological polar surface area (TPSA) is 44.5 Å². The Balaban J connectivity index is 2.53. The number of methoxy groups -OCH3 is 2. The molecule has 3 nitrogen and oxygen atoms in total. The fraction of sp³-hybridized carbons (Fsp3) is 0.400. The molecule has 2 rings (SSSR count). The molecule has 124 valence electrons. The van der Waals surface area contributed by atoms with Gasteiger partial charge in [-0.05, 0) is 48.2 Å². The van der Waals surface area contributed by atoms with Crippen LogP contribution >= 0.6 is 0 Å². The highest BCUT2D eigenvalue weighted by atomic mass is 16.5. The monoisotopic (exact) mass is 313 g/mol. The number of hydrogen-bond acceptors (Lipinski definition) is 3. The molecule has 0 heterocycles. The number of hydrogen-bond donors (Lipinski definition) is 1. The standard InChI is InChI=1S/C20H27NO2/c1-14(2)19(21)20(3,15-6-10-17(22-4)11-7-15)16-8-12-18(23-5)13-9-16/h6-14,19H,21H2,1-5H3/t19-/m0/s1. The van der Waals surface area contributed by atoms with Crippen molar-refractivity contribution in [2.24, 2.45) is 11.7 Å². The smallest absolute Gasteiger partial charge is 0.118 e. The van der Waals surface area contributed by atoms with Gasteiger partial charge in [0.1, 0.15) is 11.5 Å².